The third-order valence-electron chi connectivity index (χ3n) is 11.1. The van der Waals surface area contributed by atoms with Crippen LogP contribution in [0.5, 0.6) is 0 Å². The number of hydrogen-bond acceptors (Lipinski definition) is 1. The fourth-order valence-electron chi connectivity index (χ4n) is 9.15. The van der Waals surface area contributed by atoms with Gasteiger partial charge in [-0.1, -0.05) is 158 Å². The molecule has 0 atom stereocenters. The predicted octanol–water partition coefficient (Wildman–Crippen LogP) is 13.3. The molecule has 2 aliphatic rings. The van der Waals surface area contributed by atoms with Gasteiger partial charge in [-0.15, -0.1) is 0 Å². The van der Waals surface area contributed by atoms with E-state index in [1.165, 1.54) is 77.1 Å². The molecule has 10 rings (SSSR count). The van der Waals surface area contributed by atoms with Crippen LogP contribution in [0.15, 0.2) is 194 Å². The Labute approximate surface area is 298 Å². The highest BCUT2D eigenvalue weighted by atomic mass is 15.2. The molecule has 0 unspecified atom stereocenters. The van der Waals surface area contributed by atoms with Crippen molar-refractivity contribution in [1.82, 2.24) is 0 Å². The van der Waals surface area contributed by atoms with Gasteiger partial charge in [0.15, 0.2) is 0 Å². The van der Waals surface area contributed by atoms with Crippen LogP contribution in [-0.2, 0) is 5.41 Å². The topological polar surface area (TPSA) is 3.24 Å². The maximum Gasteiger partial charge on any atom is 0.0760 e. The van der Waals surface area contributed by atoms with Crippen LogP contribution >= 0.6 is 0 Å². The average Bonchev–Trinajstić information content (AvgIpc) is 3.48. The molecule has 0 fully saturated rings. The minimum absolute atomic E-state index is 0.596. The van der Waals surface area contributed by atoms with Crippen molar-refractivity contribution in [3.05, 3.63) is 222 Å². The maximum absolute atomic E-state index is 5.04. The number of allylic oxidation sites excluding steroid dienone is 5. The fourth-order valence-corrected chi connectivity index (χ4v) is 9.15. The van der Waals surface area contributed by atoms with Crippen LogP contribution in [-0.4, -0.2) is 0 Å². The molecule has 0 saturated carbocycles. The predicted molar refractivity (Wildman–Crippen MR) is 217 cm³/mol. The molecule has 0 saturated heterocycles. The molecular weight excluding hydrogens is 615 g/mol. The van der Waals surface area contributed by atoms with Crippen LogP contribution in [0.4, 0.5) is 17.1 Å². The van der Waals surface area contributed by atoms with Crippen molar-refractivity contribution < 1.29 is 0 Å². The summed E-state index contributed by atoms with van der Waals surface area (Å²) in [5, 5.41) is 7.62. The molecule has 0 amide bonds. The zero-order valence-corrected chi connectivity index (χ0v) is 28.5. The lowest BCUT2D eigenvalue weighted by atomic mass is 9.62. The minimum Gasteiger partial charge on any atom is -0.310 e. The van der Waals surface area contributed by atoms with Crippen LogP contribution in [0.2, 0.25) is 0 Å². The zero-order valence-electron chi connectivity index (χ0n) is 28.5. The smallest absolute Gasteiger partial charge is 0.0760 e. The lowest BCUT2D eigenvalue weighted by Gasteiger charge is -2.46. The summed E-state index contributed by atoms with van der Waals surface area (Å²) in [5.74, 6) is 0. The van der Waals surface area contributed by atoms with Crippen LogP contribution in [0, 0.1) is 0 Å². The van der Waals surface area contributed by atoms with Gasteiger partial charge in [-0.2, -0.15) is 0 Å². The highest BCUT2D eigenvalue weighted by molar-refractivity contribution is 6.25. The maximum atomic E-state index is 5.04. The van der Waals surface area contributed by atoms with E-state index >= 15 is 0 Å². The lowest BCUT2D eigenvalue weighted by molar-refractivity contribution is 0.750. The van der Waals surface area contributed by atoms with Gasteiger partial charge >= 0.3 is 0 Å². The van der Waals surface area contributed by atoms with Gasteiger partial charge < -0.3 is 4.90 Å². The van der Waals surface area contributed by atoms with Crippen molar-refractivity contribution >= 4 is 60.5 Å². The average molecular weight is 650 g/mol. The Hall–Kier alpha value is -6.44. The normalized spacial score (nSPS) is 14.4. The Kier molecular flexibility index (Phi) is 6.53. The van der Waals surface area contributed by atoms with Crippen molar-refractivity contribution in [1.29, 1.82) is 0 Å². The van der Waals surface area contributed by atoms with Crippen molar-refractivity contribution in [3.63, 3.8) is 0 Å². The van der Waals surface area contributed by atoms with E-state index in [1.807, 2.05) is 0 Å². The number of para-hydroxylation sites is 3. The first kappa shape index (κ1) is 29.5. The van der Waals surface area contributed by atoms with Gasteiger partial charge in [0.25, 0.3) is 0 Å². The minimum atomic E-state index is -0.596. The van der Waals surface area contributed by atoms with E-state index in [4.69, 9.17) is 6.58 Å². The van der Waals surface area contributed by atoms with Gasteiger partial charge in [0.1, 0.15) is 0 Å². The monoisotopic (exact) mass is 649 g/mol. The van der Waals surface area contributed by atoms with Crippen LogP contribution in [0.1, 0.15) is 34.7 Å². The third kappa shape index (κ3) is 4.03. The summed E-state index contributed by atoms with van der Waals surface area (Å²) < 4.78 is 0. The molecule has 1 aliphatic carbocycles. The van der Waals surface area contributed by atoms with E-state index < -0.39 is 5.41 Å². The largest absolute Gasteiger partial charge is 0.310 e. The first-order valence-corrected chi connectivity index (χ1v) is 17.8. The first-order valence-electron chi connectivity index (χ1n) is 17.8. The Morgan fingerprint density at radius 1 is 0.510 bits per heavy atom. The molecule has 0 N–H and O–H groups in total. The van der Waals surface area contributed by atoms with Gasteiger partial charge in [0.05, 0.1) is 16.8 Å². The summed E-state index contributed by atoms with van der Waals surface area (Å²) in [4.78, 5) is 2.43. The molecule has 1 spiro atoms. The van der Waals surface area contributed by atoms with E-state index in [0.29, 0.717) is 0 Å². The second-order valence-corrected chi connectivity index (χ2v) is 13.6. The molecule has 1 aliphatic heterocycles. The highest BCUT2D eigenvalue weighted by Crippen LogP contribution is 2.64. The molecule has 1 heteroatoms. The van der Waals surface area contributed by atoms with Crippen LogP contribution < -0.4 is 4.90 Å². The van der Waals surface area contributed by atoms with Crippen LogP contribution in [0.3, 0.4) is 0 Å². The Balaban J connectivity index is 1.30. The number of hydrogen-bond donors (Lipinski definition) is 0. The molecule has 51 heavy (non-hydrogen) atoms. The number of benzene rings is 8. The lowest BCUT2D eigenvalue weighted by Crippen LogP contribution is -2.37. The Morgan fingerprint density at radius 3 is 1.61 bits per heavy atom. The van der Waals surface area contributed by atoms with E-state index in [0.717, 1.165) is 16.8 Å². The summed E-state index contributed by atoms with van der Waals surface area (Å²) in [7, 11) is 0. The number of rotatable bonds is 4. The van der Waals surface area contributed by atoms with E-state index in [2.05, 4.69) is 194 Å². The van der Waals surface area contributed by atoms with E-state index in [1.54, 1.807) is 0 Å². The molecular formula is C50H35N. The fraction of sp³-hybridized carbons (Fsp3) is 0.0400. The molecule has 0 aromatic heterocycles. The third-order valence-corrected chi connectivity index (χ3v) is 11.1. The second-order valence-electron chi connectivity index (χ2n) is 13.6. The standard InChI is InChI=1S/C50H35N/c1-3-17-42-41-24-11-12-25-44(41)50(45-26-13-15-28-47(45)51(35-18-5-4-6-19-35)48-29-16-14-27-46(48)50)49(42)33(2)34-30-31-40-38-22-8-7-20-36(38)37-21-9-10-23-39(37)43(40)32-34/h3-32H,2H2,1H3/b17-3-. The number of anilines is 3. The number of nitrogens with zero attached hydrogens (tertiary/aromatic N) is 1. The summed E-state index contributed by atoms with van der Waals surface area (Å²) in [6.45, 7) is 7.16. The van der Waals surface area contributed by atoms with E-state index in [9.17, 15) is 0 Å². The molecule has 0 radical (unpaired) electrons. The Morgan fingerprint density at radius 2 is 1.00 bits per heavy atom. The highest BCUT2D eigenvalue weighted by Gasteiger charge is 2.53. The summed E-state index contributed by atoms with van der Waals surface area (Å²) in [5.41, 5.74) is 12.6. The van der Waals surface area contributed by atoms with Gasteiger partial charge in [-0.3, -0.25) is 0 Å². The van der Waals surface area contributed by atoms with Gasteiger partial charge in [-0.25, -0.2) is 0 Å². The van der Waals surface area contributed by atoms with Crippen molar-refractivity contribution in [2.75, 3.05) is 4.90 Å². The SMILES string of the molecule is C=C(C1=C(/C=C\C)c2ccccc2C12c1ccccc1N(c1ccccc1)c1ccccc12)c1ccc2c3ccccc3c3ccccc3c2c1. The molecule has 1 nitrogen and oxygen atoms in total. The van der Waals surface area contributed by atoms with Gasteiger partial charge in [0, 0.05) is 5.69 Å². The quantitative estimate of drug-likeness (QED) is 0.172. The molecule has 8 aromatic rings. The summed E-state index contributed by atoms with van der Waals surface area (Å²) in [6.07, 6.45) is 4.47. The molecule has 0 bridgehead atoms. The van der Waals surface area contributed by atoms with Crippen molar-refractivity contribution in [3.8, 4) is 0 Å². The second kappa shape index (κ2) is 11.3. The zero-order chi connectivity index (χ0) is 34.1. The van der Waals surface area contributed by atoms with Gasteiger partial charge in [-0.05, 0) is 114 Å². The molecule has 240 valence electrons. The summed E-state index contributed by atoms with van der Waals surface area (Å²) >= 11 is 0. The van der Waals surface area contributed by atoms with Crippen molar-refractivity contribution in [2.45, 2.75) is 12.3 Å². The van der Waals surface area contributed by atoms with Gasteiger partial charge in [0.2, 0.25) is 0 Å². The first-order chi connectivity index (χ1) is 25.2. The van der Waals surface area contributed by atoms with Crippen LogP contribution in [0.25, 0.3) is 43.5 Å². The Bertz CT molecular complexity index is 2700. The molecule has 8 aromatic carbocycles. The molecule has 1 heterocycles. The van der Waals surface area contributed by atoms with Crippen molar-refractivity contribution in [2.24, 2.45) is 0 Å². The summed E-state index contributed by atoms with van der Waals surface area (Å²) in [6, 6.07) is 62.3. The van der Waals surface area contributed by atoms with E-state index in [-0.39, 0.29) is 0 Å². The number of fused-ring (bicyclic) bond motifs is 12.